The first-order valence-electron chi connectivity index (χ1n) is 7.60. The molecular formula is C19H20N4. The molecule has 0 spiro atoms. The molecule has 4 heteroatoms. The normalized spacial score (nSPS) is 10.6. The summed E-state index contributed by atoms with van der Waals surface area (Å²) in [5.41, 5.74) is 4.42. The molecule has 2 aromatic carbocycles. The molecule has 3 aromatic rings. The van der Waals surface area contributed by atoms with Gasteiger partial charge in [0, 0.05) is 25.2 Å². The Bertz CT molecular complexity index is 742. The molecule has 0 aliphatic heterocycles. The Morgan fingerprint density at radius 1 is 0.609 bits per heavy atom. The molecule has 23 heavy (non-hydrogen) atoms. The smallest absolute Gasteiger partial charge is 0.228 e. The highest BCUT2D eigenvalue weighted by molar-refractivity contribution is 5.63. The van der Waals surface area contributed by atoms with Gasteiger partial charge < -0.3 is 4.90 Å². The lowest BCUT2D eigenvalue weighted by atomic mass is 10.1. The van der Waals surface area contributed by atoms with Crippen molar-refractivity contribution in [2.45, 2.75) is 13.8 Å². The molecule has 0 saturated carbocycles. The topological polar surface area (TPSA) is 41.9 Å². The molecule has 0 unspecified atom stereocenters. The molecule has 0 bridgehead atoms. The Balaban J connectivity index is 2.13. The molecular weight excluding hydrogens is 284 g/mol. The van der Waals surface area contributed by atoms with Gasteiger partial charge in [0.05, 0.1) is 0 Å². The molecule has 1 aromatic heterocycles. The largest absolute Gasteiger partial charge is 0.347 e. The molecule has 0 radical (unpaired) electrons. The van der Waals surface area contributed by atoms with Crippen LogP contribution in [0.1, 0.15) is 11.1 Å². The third kappa shape index (κ3) is 3.37. The van der Waals surface area contributed by atoms with E-state index in [1.165, 1.54) is 11.1 Å². The summed E-state index contributed by atoms with van der Waals surface area (Å²) >= 11 is 0. The fraction of sp³-hybridized carbons (Fsp3) is 0.211. The van der Waals surface area contributed by atoms with Crippen molar-refractivity contribution in [1.82, 2.24) is 15.0 Å². The maximum absolute atomic E-state index is 4.67. The number of hydrogen-bond acceptors (Lipinski definition) is 4. The second-order valence-electron chi connectivity index (χ2n) is 5.91. The first-order chi connectivity index (χ1) is 11.0. The van der Waals surface area contributed by atoms with E-state index in [-0.39, 0.29) is 0 Å². The molecule has 116 valence electrons. The fourth-order valence-electron chi connectivity index (χ4n) is 2.23. The third-order valence-corrected chi connectivity index (χ3v) is 3.64. The highest BCUT2D eigenvalue weighted by atomic mass is 15.2. The maximum Gasteiger partial charge on any atom is 0.228 e. The van der Waals surface area contributed by atoms with Crippen molar-refractivity contribution >= 4 is 5.95 Å². The van der Waals surface area contributed by atoms with Crippen molar-refractivity contribution in [2.24, 2.45) is 0 Å². The predicted molar refractivity (Wildman–Crippen MR) is 94.5 cm³/mol. The van der Waals surface area contributed by atoms with E-state index in [0.717, 1.165) is 11.1 Å². The average Bonchev–Trinajstić information content (AvgIpc) is 2.55. The van der Waals surface area contributed by atoms with Gasteiger partial charge >= 0.3 is 0 Å². The number of benzene rings is 2. The summed E-state index contributed by atoms with van der Waals surface area (Å²) in [5, 5.41) is 0. The average molecular weight is 304 g/mol. The van der Waals surface area contributed by atoms with Crippen LogP contribution in [0.4, 0.5) is 5.95 Å². The molecule has 0 atom stereocenters. The van der Waals surface area contributed by atoms with Gasteiger partial charge in [-0.05, 0) is 13.8 Å². The number of nitrogens with zero attached hydrogens (tertiary/aromatic N) is 4. The molecule has 0 fully saturated rings. The van der Waals surface area contributed by atoms with E-state index in [1.54, 1.807) is 0 Å². The second kappa shape index (κ2) is 6.16. The van der Waals surface area contributed by atoms with Gasteiger partial charge in [-0.25, -0.2) is 4.98 Å². The molecule has 0 aliphatic rings. The summed E-state index contributed by atoms with van der Waals surface area (Å²) in [5.74, 6) is 2.05. The van der Waals surface area contributed by atoms with Gasteiger partial charge in [0.15, 0.2) is 11.6 Å². The van der Waals surface area contributed by atoms with Crippen LogP contribution < -0.4 is 4.90 Å². The summed E-state index contributed by atoms with van der Waals surface area (Å²) in [6, 6.07) is 16.5. The molecule has 4 nitrogen and oxygen atoms in total. The van der Waals surface area contributed by atoms with Crippen LogP contribution in [0.5, 0.6) is 0 Å². The molecule has 0 N–H and O–H groups in total. The van der Waals surface area contributed by atoms with Crippen molar-refractivity contribution in [3.8, 4) is 22.8 Å². The van der Waals surface area contributed by atoms with Crippen LogP contribution in [0, 0.1) is 13.8 Å². The Labute approximate surface area is 136 Å². The minimum Gasteiger partial charge on any atom is -0.347 e. The van der Waals surface area contributed by atoms with Gasteiger partial charge in [0.2, 0.25) is 5.95 Å². The van der Waals surface area contributed by atoms with E-state index in [4.69, 9.17) is 0 Å². The summed E-state index contributed by atoms with van der Waals surface area (Å²) in [6.07, 6.45) is 0. The van der Waals surface area contributed by atoms with E-state index in [9.17, 15) is 0 Å². The summed E-state index contributed by atoms with van der Waals surface area (Å²) in [4.78, 5) is 15.7. The van der Waals surface area contributed by atoms with Gasteiger partial charge in [-0.15, -0.1) is 0 Å². The van der Waals surface area contributed by atoms with Gasteiger partial charge in [0.25, 0.3) is 0 Å². The first-order valence-corrected chi connectivity index (χ1v) is 7.60. The van der Waals surface area contributed by atoms with Crippen LogP contribution >= 0.6 is 0 Å². The third-order valence-electron chi connectivity index (χ3n) is 3.64. The highest BCUT2D eigenvalue weighted by Crippen LogP contribution is 2.23. The van der Waals surface area contributed by atoms with Gasteiger partial charge in [-0.3, -0.25) is 0 Å². The van der Waals surface area contributed by atoms with Crippen molar-refractivity contribution < 1.29 is 0 Å². The molecule has 0 amide bonds. The first kappa shape index (κ1) is 15.2. The van der Waals surface area contributed by atoms with Crippen LogP contribution in [0.25, 0.3) is 22.8 Å². The summed E-state index contributed by atoms with van der Waals surface area (Å²) in [6.45, 7) is 4.14. The van der Waals surface area contributed by atoms with Crippen molar-refractivity contribution in [3.05, 3.63) is 59.7 Å². The van der Waals surface area contributed by atoms with E-state index in [0.29, 0.717) is 17.6 Å². The zero-order valence-corrected chi connectivity index (χ0v) is 13.9. The lowest BCUT2D eigenvalue weighted by molar-refractivity contribution is 0.967. The Morgan fingerprint density at radius 3 is 1.35 bits per heavy atom. The van der Waals surface area contributed by atoms with E-state index in [2.05, 4.69) is 53.1 Å². The number of anilines is 1. The number of hydrogen-bond donors (Lipinski definition) is 0. The molecule has 0 aliphatic carbocycles. The lowest BCUT2D eigenvalue weighted by Crippen LogP contribution is -2.14. The van der Waals surface area contributed by atoms with Gasteiger partial charge in [0.1, 0.15) is 0 Å². The molecule has 1 heterocycles. The lowest BCUT2D eigenvalue weighted by Gasteiger charge is -2.13. The monoisotopic (exact) mass is 304 g/mol. The van der Waals surface area contributed by atoms with Crippen molar-refractivity contribution in [3.63, 3.8) is 0 Å². The Kier molecular flexibility index (Phi) is 4.06. The Morgan fingerprint density at radius 2 is 1.00 bits per heavy atom. The van der Waals surface area contributed by atoms with Crippen molar-refractivity contribution in [2.75, 3.05) is 19.0 Å². The minimum atomic E-state index is 0.658. The SMILES string of the molecule is Cc1ccc(-c2nc(-c3ccc(C)cc3)nc(N(C)C)n2)cc1. The summed E-state index contributed by atoms with van der Waals surface area (Å²) in [7, 11) is 3.88. The predicted octanol–water partition coefficient (Wildman–Crippen LogP) is 3.89. The van der Waals surface area contributed by atoms with Crippen molar-refractivity contribution in [1.29, 1.82) is 0 Å². The van der Waals surface area contributed by atoms with Gasteiger partial charge in [-0.2, -0.15) is 9.97 Å². The molecule has 3 rings (SSSR count). The van der Waals surface area contributed by atoms with Crippen LogP contribution in [0.2, 0.25) is 0 Å². The van der Waals surface area contributed by atoms with Crippen LogP contribution in [-0.2, 0) is 0 Å². The van der Waals surface area contributed by atoms with E-state index in [1.807, 2.05) is 43.3 Å². The number of rotatable bonds is 3. The molecule has 0 saturated heterocycles. The second-order valence-corrected chi connectivity index (χ2v) is 5.91. The minimum absolute atomic E-state index is 0.658. The van der Waals surface area contributed by atoms with E-state index >= 15 is 0 Å². The van der Waals surface area contributed by atoms with E-state index < -0.39 is 0 Å². The van der Waals surface area contributed by atoms with Crippen LogP contribution in [-0.4, -0.2) is 29.0 Å². The number of aromatic nitrogens is 3. The standard InChI is InChI=1S/C19H20N4/c1-13-5-9-15(10-6-13)17-20-18(22-19(21-17)23(3)4)16-11-7-14(2)8-12-16/h5-12H,1-4H3. The quantitative estimate of drug-likeness (QED) is 0.736. The maximum atomic E-state index is 4.67. The fourth-order valence-corrected chi connectivity index (χ4v) is 2.23. The highest BCUT2D eigenvalue weighted by Gasteiger charge is 2.11. The summed E-state index contributed by atoms with van der Waals surface area (Å²) < 4.78 is 0. The zero-order valence-electron chi connectivity index (χ0n) is 13.9. The van der Waals surface area contributed by atoms with Gasteiger partial charge in [-0.1, -0.05) is 59.7 Å². The van der Waals surface area contributed by atoms with Crippen LogP contribution in [0.3, 0.4) is 0 Å². The Hall–Kier alpha value is -2.75. The van der Waals surface area contributed by atoms with Crippen LogP contribution in [0.15, 0.2) is 48.5 Å². The zero-order chi connectivity index (χ0) is 16.4. The number of aryl methyl sites for hydroxylation is 2.